The quantitative estimate of drug-likeness (QED) is 0.241. The van der Waals surface area contributed by atoms with Crippen molar-refractivity contribution in [1.82, 2.24) is 19.9 Å². The Labute approximate surface area is 226 Å². The van der Waals surface area contributed by atoms with Crippen molar-refractivity contribution in [3.63, 3.8) is 0 Å². The molecule has 4 rings (SSSR count). The number of aromatic nitrogens is 3. The van der Waals surface area contributed by atoms with Crippen molar-refractivity contribution in [1.29, 1.82) is 0 Å². The Morgan fingerprint density at radius 1 is 1.32 bits per heavy atom. The number of halogens is 1. The van der Waals surface area contributed by atoms with Gasteiger partial charge in [-0.15, -0.1) is 11.3 Å². The Morgan fingerprint density at radius 2 is 2.18 bits per heavy atom. The summed E-state index contributed by atoms with van der Waals surface area (Å²) in [6, 6.07) is 5.40. The number of pyridine rings is 1. The van der Waals surface area contributed by atoms with Crippen LogP contribution in [0.15, 0.2) is 24.5 Å². The number of carboxylic acid groups (broad SMARTS) is 1. The average molecular weight is 545 g/mol. The molecule has 3 N–H and O–H groups in total. The summed E-state index contributed by atoms with van der Waals surface area (Å²) in [7, 11) is 1.50. The third kappa shape index (κ3) is 7.58. The van der Waals surface area contributed by atoms with Crippen LogP contribution in [-0.4, -0.2) is 83.0 Å². The van der Waals surface area contributed by atoms with Crippen LogP contribution in [0.3, 0.4) is 0 Å². The summed E-state index contributed by atoms with van der Waals surface area (Å²) < 4.78 is 19.6. The summed E-state index contributed by atoms with van der Waals surface area (Å²) in [4.78, 5) is 28.6. The summed E-state index contributed by atoms with van der Waals surface area (Å²) in [6.07, 6.45) is 6.14. The molecule has 38 heavy (non-hydrogen) atoms. The molecule has 0 unspecified atom stereocenters. The van der Waals surface area contributed by atoms with Crippen LogP contribution >= 0.6 is 11.3 Å². The van der Waals surface area contributed by atoms with Gasteiger partial charge in [-0.05, 0) is 69.7 Å². The highest BCUT2D eigenvalue weighted by Gasteiger charge is 2.22. The monoisotopic (exact) mass is 544 g/mol. The third-order valence-corrected chi connectivity index (χ3v) is 7.90. The number of unbranched alkanes of at least 4 members (excludes halogenated alkanes) is 1. The number of nitrogens with one attached hydrogen (secondary N) is 2. The van der Waals surface area contributed by atoms with Crippen LogP contribution in [0.25, 0.3) is 10.2 Å². The second-order valence-electron chi connectivity index (χ2n) is 9.73. The lowest BCUT2D eigenvalue weighted by atomic mass is 10.1. The van der Waals surface area contributed by atoms with Gasteiger partial charge in [-0.1, -0.05) is 6.07 Å². The summed E-state index contributed by atoms with van der Waals surface area (Å²) in [6.45, 7) is 3.98. The molecule has 0 aromatic carbocycles. The molecule has 0 fully saturated rings. The van der Waals surface area contributed by atoms with Crippen molar-refractivity contribution >= 4 is 39.2 Å². The Kier molecular flexibility index (Phi) is 10.2. The number of anilines is 2. The molecule has 9 nitrogen and oxygen atoms in total. The largest absolute Gasteiger partial charge is 0.480 e. The molecule has 0 saturated heterocycles. The van der Waals surface area contributed by atoms with E-state index in [4.69, 9.17) is 9.72 Å². The number of carbonyl (C=O) groups is 1. The topological polar surface area (TPSA) is 113 Å². The fourth-order valence-electron chi connectivity index (χ4n) is 4.73. The van der Waals surface area contributed by atoms with E-state index in [2.05, 4.69) is 37.6 Å². The highest BCUT2D eigenvalue weighted by Crippen LogP contribution is 2.29. The highest BCUT2D eigenvalue weighted by atomic mass is 32.1. The molecule has 3 aromatic heterocycles. The number of ether oxygens (including phenoxy) is 1. The molecule has 2 atom stereocenters. The maximum absolute atomic E-state index is 13.4. The zero-order valence-electron chi connectivity index (χ0n) is 22.1. The summed E-state index contributed by atoms with van der Waals surface area (Å²) >= 11 is 1.53. The maximum Gasteiger partial charge on any atom is 0.326 e. The van der Waals surface area contributed by atoms with Gasteiger partial charge in [-0.2, -0.15) is 0 Å². The second-order valence-corrected chi connectivity index (χ2v) is 11.0. The van der Waals surface area contributed by atoms with Gasteiger partial charge in [0, 0.05) is 37.3 Å². The van der Waals surface area contributed by atoms with Crippen LogP contribution in [0.4, 0.5) is 16.0 Å². The van der Waals surface area contributed by atoms with E-state index in [0.29, 0.717) is 25.3 Å². The number of methoxy groups -OCH3 is 1. The van der Waals surface area contributed by atoms with E-state index in [0.717, 1.165) is 71.8 Å². The predicted molar refractivity (Wildman–Crippen MR) is 149 cm³/mol. The molecule has 0 amide bonds. The highest BCUT2D eigenvalue weighted by molar-refractivity contribution is 7.19. The Morgan fingerprint density at radius 3 is 2.97 bits per heavy atom. The first-order chi connectivity index (χ1) is 18.5. The number of aryl methyl sites for hydroxylation is 3. The Bertz CT molecular complexity index is 1200. The fraction of sp³-hybridized carbons (Fsp3) is 0.556. The van der Waals surface area contributed by atoms with Crippen LogP contribution in [0.1, 0.15) is 41.8 Å². The van der Waals surface area contributed by atoms with Crippen LogP contribution in [-0.2, 0) is 22.4 Å². The van der Waals surface area contributed by atoms with Gasteiger partial charge in [-0.3, -0.25) is 0 Å². The smallest absolute Gasteiger partial charge is 0.326 e. The van der Waals surface area contributed by atoms with E-state index < -0.39 is 24.8 Å². The number of aliphatic carboxylic acids is 1. The number of rotatable bonds is 15. The minimum absolute atomic E-state index is 0.339. The minimum Gasteiger partial charge on any atom is -0.480 e. The molecule has 206 valence electrons. The van der Waals surface area contributed by atoms with Crippen molar-refractivity contribution < 1.29 is 19.0 Å². The van der Waals surface area contributed by atoms with Gasteiger partial charge < -0.3 is 25.4 Å². The molecule has 0 aliphatic carbocycles. The average Bonchev–Trinajstić information content (AvgIpc) is 3.32. The van der Waals surface area contributed by atoms with E-state index >= 15 is 0 Å². The summed E-state index contributed by atoms with van der Waals surface area (Å²) in [5.74, 6) is 0.579. The van der Waals surface area contributed by atoms with Crippen molar-refractivity contribution in [3.05, 3.63) is 40.7 Å². The van der Waals surface area contributed by atoms with Gasteiger partial charge in [-0.25, -0.2) is 24.1 Å². The first kappa shape index (κ1) is 28.1. The summed E-state index contributed by atoms with van der Waals surface area (Å²) in [5.41, 5.74) is 3.14. The Hall–Kier alpha value is -2.89. The van der Waals surface area contributed by atoms with Crippen LogP contribution < -0.4 is 10.6 Å². The van der Waals surface area contributed by atoms with Crippen molar-refractivity contribution in [2.75, 3.05) is 50.6 Å². The van der Waals surface area contributed by atoms with E-state index in [1.807, 2.05) is 13.0 Å². The standard InChI is InChI=1S/C27H37FN6O3S/c1-18-14-23-24(38-18)26(31-17-30-23)33-22(27(35)36)10-13-34(16-21(15-28)37-2)12-4-3-7-20-9-8-19-6-5-11-29-25(19)32-20/h8-9,14,17,21-22H,3-7,10-13,15-16H2,1-2H3,(H,29,32)(H,35,36)(H,30,31,33)/t21-,22+/m1/s1. The molecule has 0 spiro atoms. The molecule has 0 bridgehead atoms. The van der Waals surface area contributed by atoms with Crippen molar-refractivity contribution in [2.24, 2.45) is 0 Å². The van der Waals surface area contributed by atoms with Gasteiger partial charge in [0.1, 0.15) is 30.7 Å². The molecular formula is C27H37FN6O3S. The number of carboxylic acids is 1. The molecule has 4 heterocycles. The number of hydrogen-bond acceptors (Lipinski definition) is 9. The first-order valence-corrected chi connectivity index (χ1v) is 14.0. The zero-order chi connectivity index (χ0) is 26.9. The summed E-state index contributed by atoms with van der Waals surface area (Å²) in [5, 5.41) is 16.4. The molecular weight excluding hydrogens is 507 g/mol. The normalized spacial score (nSPS) is 14.7. The van der Waals surface area contributed by atoms with E-state index in [1.165, 1.54) is 30.3 Å². The minimum atomic E-state index is -0.953. The van der Waals surface area contributed by atoms with Crippen LogP contribution in [0, 0.1) is 6.92 Å². The van der Waals surface area contributed by atoms with Gasteiger partial charge in [0.15, 0.2) is 0 Å². The number of alkyl halides is 1. The van der Waals surface area contributed by atoms with E-state index in [9.17, 15) is 14.3 Å². The molecule has 1 aliphatic heterocycles. The molecule has 1 aliphatic rings. The lowest BCUT2D eigenvalue weighted by Gasteiger charge is -2.27. The lowest BCUT2D eigenvalue weighted by molar-refractivity contribution is -0.138. The van der Waals surface area contributed by atoms with Crippen LogP contribution in [0.5, 0.6) is 0 Å². The SMILES string of the molecule is CO[C@H](CF)CN(CCCCc1ccc2c(n1)NCCC2)CC[C@H](Nc1ncnc2cc(C)sc12)C(=O)O. The molecule has 11 heteroatoms. The molecule has 0 saturated carbocycles. The van der Waals surface area contributed by atoms with E-state index in [-0.39, 0.29) is 0 Å². The van der Waals surface area contributed by atoms with Crippen molar-refractivity contribution in [2.45, 2.75) is 57.6 Å². The van der Waals surface area contributed by atoms with Crippen molar-refractivity contribution in [3.8, 4) is 0 Å². The number of hydrogen-bond donors (Lipinski definition) is 3. The van der Waals surface area contributed by atoms with Gasteiger partial charge >= 0.3 is 5.97 Å². The predicted octanol–water partition coefficient (Wildman–Crippen LogP) is 4.32. The fourth-order valence-corrected chi connectivity index (χ4v) is 5.65. The number of nitrogens with zero attached hydrogens (tertiary/aromatic N) is 4. The first-order valence-electron chi connectivity index (χ1n) is 13.2. The van der Waals surface area contributed by atoms with E-state index in [1.54, 1.807) is 0 Å². The van der Waals surface area contributed by atoms with Gasteiger partial charge in [0.25, 0.3) is 0 Å². The van der Waals surface area contributed by atoms with Gasteiger partial charge in [0.2, 0.25) is 0 Å². The Balaban J connectivity index is 1.33. The second kappa shape index (κ2) is 13.8. The number of thiophene rings is 1. The van der Waals surface area contributed by atoms with Gasteiger partial charge in [0.05, 0.1) is 16.3 Å². The van der Waals surface area contributed by atoms with Crippen LogP contribution in [0.2, 0.25) is 0 Å². The third-order valence-electron chi connectivity index (χ3n) is 6.85. The maximum atomic E-state index is 13.4. The molecule has 0 radical (unpaired) electrons. The zero-order valence-corrected chi connectivity index (χ0v) is 22.9. The molecule has 3 aromatic rings. The lowest BCUT2D eigenvalue weighted by Crippen LogP contribution is -2.39. The number of fused-ring (bicyclic) bond motifs is 2.